The Hall–Kier alpha value is -0.790. The van der Waals surface area contributed by atoms with Crippen molar-refractivity contribution in [3.8, 4) is 0 Å². The van der Waals surface area contributed by atoms with Gasteiger partial charge in [-0.3, -0.25) is 4.79 Å². The largest absolute Gasteiger partial charge is 0.316 e. The highest BCUT2D eigenvalue weighted by Gasteiger charge is 2.28. The van der Waals surface area contributed by atoms with E-state index in [9.17, 15) is 4.79 Å². The lowest BCUT2D eigenvalue weighted by atomic mass is 9.96. The summed E-state index contributed by atoms with van der Waals surface area (Å²) in [4.78, 5) is 13.4. The summed E-state index contributed by atoms with van der Waals surface area (Å²) in [6, 6.07) is 0. The highest BCUT2D eigenvalue weighted by molar-refractivity contribution is 5.76. The van der Waals surface area contributed by atoms with E-state index in [4.69, 9.17) is 0 Å². The molecule has 1 rings (SSSR count). The van der Waals surface area contributed by atoms with E-state index in [0.29, 0.717) is 11.8 Å². The predicted molar refractivity (Wildman–Crippen MR) is 58.7 cm³/mol. The maximum atomic E-state index is 11.4. The topological polar surface area (TPSA) is 20.3 Å². The van der Waals surface area contributed by atoms with Crippen LogP contribution in [0.4, 0.5) is 0 Å². The number of hydrogen-bond acceptors (Lipinski definition) is 1. The molecule has 0 aliphatic carbocycles. The zero-order valence-corrected chi connectivity index (χ0v) is 9.92. The van der Waals surface area contributed by atoms with E-state index in [-0.39, 0.29) is 5.91 Å². The van der Waals surface area contributed by atoms with Crippen LogP contribution >= 0.6 is 0 Å². The molecule has 0 aromatic rings. The van der Waals surface area contributed by atoms with Gasteiger partial charge in [0.25, 0.3) is 0 Å². The second-order valence-corrected chi connectivity index (χ2v) is 4.64. The first kappa shape index (κ1) is 11.3. The molecule has 80 valence electrons. The Balaban J connectivity index is 3.02. The van der Waals surface area contributed by atoms with Gasteiger partial charge in [-0.25, -0.2) is 0 Å². The van der Waals surface area contributed by atoms with E-state index < -0.39 is 0 Å². The summed E-state index contributed by atoms with van der Waals surface area (Å²) in [6.07, 6.45) is 1.06. The minimum absolute atomic E-state index is 0.185. The smallest absolute Gasteiger partial charge is 0.223 e. The van der Waals surface area contributed by atoms with Crippen LogP contribution in [0.15, 0.2) is 11.3 Å². The molecule has 0 aromatic heterocycles. The van der Waals surface area contributed by atoms with Crippen LogP contribution in [-0.2, 0) is 4.79 Å². The molecule has 14 heavy (non-hydrogen) atoms. The fourth-order valence-electron chi connectivity index (χ4n) is 2.25. The molecule has 0 bridgehead atoms. The second-order valence-electron chi connectivity index (χ2n) is 4.64. The van der Waals surface area contributed by atoms with Crippen LogP contribution in [0.1, 0.15) is 41.0 Å². The van der Waals surface area contributed by atoms with Crippen molar-refractivity contribution in [2.45, 2.75) is 41.0 Å². The maximum absolute atomic E-state index is 11.4. The van der Waals surface area contributed by atoms with E-state index in [1.807, 2.05) is 4.90 Å². The quantitative estimate of drug-likeness (QED) is 0.663. The van der Waals surface area contributed by atoms with Gasteiger partial charge in [-0.1, -0.05) is 27.7 Å². The summed E-state index contributed by atoms with van der Waals surface area (Å²) < 4.78 is 0. The molecule has 0 unspecified atom stereocenters. The van der Waals surface area contributed by atoms with Gasteiger partial charge in [-0.15, -0.1) is 0 Å². The average Bonchev–Trinajstić information content (AvgIpc) is 2.46. The van der Waals surface area contributed by atoms with Crippen LogP contribution in [-0.4, -0.2) is 17.4 Å². The van der Waals surface area contributed by atoms with Gasteiger partial charge in [0.1, 0.15) is 0 Å². The minimum atomic E-state index is 0.185. The zero-order valence-electron chi connectivity index (χ0n) is 9.92. The predicted octanol–water partition coefficient (Wildman–Crippen LogP) is 2.80. The summed E-state index contributed by atoms with van der Waals surface area (Å²) in [7, 11) is 0. The third-order valence-corrected chi connectivity index (χ3v) is 2.85. The summed E-state index contributed by atoms with van der Waals surface area (Å²) in [5, 5.41) is 0. The Bertz CT molecular complexity index is 263. The molecular weight excluding hydrogens is 174 g/mol. The van der Waals surface area contributed by atoms with Crippen molar-refractivity contribution in [3.05, 3.63) is 11.3 Å². The Labute approximate surface area is 87.0 Å². The third kappa shape index (κ3) is 1.99. The molecule has 1 amide bonds. The van der Waals surface area contributed by atoms with Crippen molar-refractivity contribution in [2.75, 3.05) is 6.54 Å². The third-order valence-electron chi connectivity index (χ3n) is 2.85. The average molecular weight is 195 g/mol. The first-order chi connectivity index (χ1) is 6.45. The molecule has 0 atom stereocenters. The van der Waals surface area contributed by atoms with E-state index >= 15 is 0 Å². The highest BCUT2D eigenvalue weighted by Crippen LogP contribution is 2.33. The second kappa shape index (κ2) is 4.16. The normalized spacial score (nSPS) is 17.5. The number of rotatable bonds is 2. The van der Waals surface area contributed by atoms with Crippen LogP contribution in [0.2, 0.25) is 0 Å². The van der Waals surface area contributed by atoms with Crippen LogP contribution < -0.4 is 0 Å². The molecule has 1 aliphatic heterocycles. The van der Waals surface area contributed by atoms with Gasteiger partial charge in [0.15, 0.2) is 0 Å². The number of carbonyl (C=O) groups excluding carboxylic acids is 1. The monoisotopic (exact) mass is 195 g/mol. The molecule has 1 aliphatic rings. The molecule has 2 nitrogen and oxygen atoms in total. The van der Waals surface area contributed by atoms with Crippen LogP contribution in [0.5, 0.6) is 0 Å². The number of amides is 1. The summed E-state index contributed by atoms with van der Waals surface area (Å²) in [5.74, 6) is 1.21. The van der Waals surface area contributed by atoms with Gasteiger partial charge in [-0.05, 0) is 23.8 Å². The number of hydrogen-bond donors (Lipinski definition) is 0. The molecule has 0 saturated heterocycles. The van der Waals surface area contributed by atoms with Crippen molar-refractivity contribution < 1.29 is 4.79 Å². The lowest BCUT2D eigenvalue weighted by molar-refractivity contribution is -0.126. The molecule has 0 aromatic carbocycles. The zero-order chi connectivity index (χ0) is 10.9. The highest BCUT2D eigenvalue weighted by atomic mass is 16.2. The van der Waals surface area contributed by atoms with Gasteiger partial charge in [0.2, 0.25) is 5.91 Å². The van der Waals surface area contributed by atoms with Gasteiger partial charge in [0, 0.05) is 19.2 Å². The number of nitrogens with zero attached hydrogens (tertiary/aromatic N) is 1. The van der Waals surface area contributed by atoms with E-state index in [2.05, 4.69) is 27.7 Å². The van der Waals surface area contributed by atoms with Gasteiger partial charge >= 0.3 is 0 Å². The van der Waals surface area contributed by atoms with E-state index in [0.717, 1.165) is 13.0 Å². The van der Waals surface area contributed by atoms with Gasteiger partial charge < -0.3 is 4.90 Å². The first-order valence-corrected chi connectivity index (χ1v) is 5.46. The number of allylic oxidation sites excluding steroid dienone is 1. The van der Waals surface area contributed by atoms with Crippen LogP contribution in [0, 0.1) is 11.8 Å². The molecule has 0 fully saturated rings. The molecule has 0 N–H and O–H groups in total. The van der Waals surface area contributed by atoms with E-state index in [1.165, 1.54) is 11.3 Å². The number of carbonyl (C=O) groups is 1. The van der Waals surface area contributed by atoms with Gasteiger partial charge in [-0.2, -0.15) is 0 Å². The summed E-state index contributed by atoms with van der Waals surface area (Å²) in [6.45, 7) is 11.3. The molecule has 0 spiro atoms. The van der Waals surface area contributed by atoms with E-state index in [1.54, 1.807) is 6.92 Å². The van der Waals surface area contributed by atoms with Crippen molar-refractivity contribution in [1.29, 1.82) is 0 Å². The fourth-order valence-corrected chi connectivity index (χ4v) is 2.25. The summed E-state index contributed by atoms with van der Waals surface area (Å²) in [5.41, 5.74) is 2.74. The molecule has 2 heteroatoms. The Morgan fingerprint density at radius 3 is 2.14 bits per heavy atom. The van der Waals surface area contributed by atoms with Crippen LogP contribution in [0.3, 0.4) is 0 Å². The Morgan fingerprint density at radius 2 is 1.79 bits per heavy atom. The van der Waals surface area contributed by atoms with Crippen molar-refractivity contribution >= 4 is 5.91 Å². The van der Waals surface area contributed by atoms with Gasteiger partial charge in [0.05, 0.1) is 0 Å². The fraction of sp³-hybridized carbons (Fsp3) is 0.750. The Kier molecular flexibility index (Phi) is 3.35. The van der Waals surface area contributed by atoms with Crippen molar-refractivity contribution in [3.63, 3.8) is 0 Å². The SMILES string of the molecule is CC(=O)N1CCC(C(C)C)=C1C(C)C. The lowest BCUT2D eigenvalue weighted by Gasteiger charge is -2.22. The Morgan fingerprint density at radius 1 is 1.21 bits per heavy atom. The van der Waals surface area contributed by atoms with Crippen LogP contribution in [0.25, 0.3) is 0 Å². The van der Waals surface area contributed by atoms with Crippen molar-refractivity contribution in [2.24, 2.45) is 11.8 Å². The maximum Gasteiger partial charge on any atom is 0.223 e. The molecule has 0 saturated carbocycles. The van der Waals surface area contributed by atoms with Crippen molar-refractivity contribution in [1.82, 2.24) is 4.90 Å². The molecule has 0 radical (unpaired) electrons. The molecule has 1 heterocycles. The lowest BCUT2D eigenvalue weighted by Crippen LogP contribution is -2.27. The summed E-state index contributed by atoms with van der Waals surface area (Å²) >= 11 is 0. The minimum Gasteiger partial charge on any atom is -0.316 e. The first-order valence-electron chi connectivity index (χ1n) is 5.46. The molecular formula is C12H21NO. The standard InChI is InChI=1S/C12H21NO/c1-8(2)11-6-7-13(10(5)14)12(11)9(3)4/h8-9H,6-7H2,1-5H3.